The third-order valence-electron chi connectivity index (χ3n) is 5.64. The van der Waals surface area contributed by atoms with Crippen molar-refractivity contribution in [2.24, 2.45) is 0 Å². The van der Waals surface area contributed by atoms with Crippen molar-refractivity contribution >= 4 is 0 Å². The molecule has 0 saturated heterocycles. The first-order valence-electron chi connectivity index (χ1n) is 13.5. The summed E-state index contributed by atoms with van der Waals surface area (Å²) in [5.41, 5.74) is 0. The molecule has 0 radical (unpaired) electrons. The second kappa shape index (κ2) is 28.6. The molecule has 0 rings (SSSR count). The van der Waals surface area contributed by atoms with Crippen LogP contribution in [-0.2, 0) is 14.2 Å². The molecule has 0 bridgehead atoms. The van der Waals surface area contributed by atoms with Gasteiger partial charge >= 0.3 is 0 Å². The molecule has 0 spiro atoms. The van der Waals surface area contributed by atoms with Crippen LogP contribution in [-0.4, -0.2) is 76.4 Å². The Morgan fingerprint density at radius 2 is 1.03 bits per heavy atom. The van der Waals surface area contributed by atoms with Crippen LogP contribution < -0.4 is 0 Å². The van der Waals surface area contributed by atoms with Crippen LogP contribution in [0.1, 0.15) is 96.8 Å². The van der Waals surface area contributed by atoms with Crippen molar-refractivity contribution < 1.29 is 19.3 Å². The maximum absolute atomic E-state index is 8.81. The van der Waals surface area contributed by atoms with E-state index in [1.165, 1.54) is 83.5 Å². The third kappa shape index (κ3) is 27.6. The van der Waals surface area contributed by atoms with Crippen molar-refractivity contribution in [1.29, 1.82) is 0 Å². The average Bonchev–Trinajstić information content (AvgIpc) is 2.79. The van der Waals surface area contributed by atoms with Gasteiger partial charge in [-0.3, -0.25) is 0 Å². The molecule has 0 unspecified atom stereocenters. The normalized spacial score (nSPS) is 11.9. The molecule has 0 amide bonds. The summed E-state index contributed by atoms with van der Waals surface area (Å²) in [6.07, 6.45) is 23.5. The van der Waals surface area contributed by atoms with E-state index in [9.17, 15) is 0 Å². The fourth-order valence-electron chi connectivity index (χ4n) is 3.50. The standard InChI is InChI=1S/C27H55NO4/c1-3-4-5-6-7-8-9-10-11-12-13-14-15-16-17-18-22-30-24-26-32-27-25-31-23-20-28(2)19-21-29/h10-11,29H,3-9,12-27H2,1-2H3/b11-10-. The summed E-state index contributed by atoms with van der Waals surface area (Å²) in [4.78, 5) is 2.05. The van der Waals surface area contributed by atoms with Gasteiger partial charge in [0.05, 0.1) is 39.6 Å². The monoisotopic (exact) mass is 457 g/mol. The summed E-state index contributed by atoms with van der Waals surface area (Å²) in [5.74, 6) is 0. The van der Waals surface area contributed by atoms with Crippen LogP contribution in [0.5, 0.6) is 0 Å². The first-order valence-corrected chi connectivity index (χ1v) is 13.5. The smallest absolute Gasteiger partial charge is 0.0701 e. The predicted molar refractivity (Wildman–Crippen MR) is 136 cm³/mol. The van der Waals surface area contributed by atoms with Gasteiger partial charge < -0.3 is 24.2 Å². The number of aliphatic hydroxyl groups is 1. The second-order valence-corrected chi connectivity index (χ2v) is 8.80. The Labute approximate surface area is 199 Å². The maximum Gasteiger partial charge on any atom is 0.0701 e. The lowest BCUT2D eigenvalue weighted by atomic mass is 10.1. The summed E-state index contributed by atoms with van der Waals surface area (Å²) in [6.45, 7) is 8.04. The molecule has 5 heteroatoms. The zero-order valence-corrected chi connectivity index (χ0v) is 21.5. The minimum atomic E-state index is 0.191. The number of nitrogens with zero attached hydrogens (tertiary/aromatic N) is 1. The average molecular weight is 458 g/mol. The molecule has 0 aromatic rings. The van der Waals surface area contributed by atoms with E-state index in [-0.39, 0.29) is 6.61 Å². The Balaban J connectivity index is 3.08. The molecular formula is C27H55NO4. The second-order valence-electron chi connectivity index (χ2n) is 8.80. The molecular weight excluding hydrogens is 402 g/mol. The van der Waals surface area contributed by atoms with Gasteiger partial charge in [0.2, 0.25) is 0 Å². The van der Waals surface area contributed by atoms with Crippen LogP contribution in [0.3, 0.4) is 0 Å². The predicted octanol–water partition coefficient (Wildman–Crippen LogP) is 6.00. The number of hydrogen-bond donors (Lipinski definition) is 1. The van der Waals surface area contributed by atoms with Gasteiger partial charge in [0, 0.05) is 19.7 Å². The quantitative estimate of drug-likeness (QED) is 0.121. The first kappa shape index (κ1) is 31.5. The van der Waals surface area contributed by atoms with E-state index < -0.39 is 0 Å². The van der Waals surface area contributed by atoms with Gasteiger partial charge in [0.15, 0.2) is 0 Å². The maximum atomic E-state index is 8.81. The minimum Gasteiger partial charge on any atom is -0.395 e. The van der Waals surface area contributed by atoms with E-state index in [1.807, 2.05) is 11.9 Å². The van der Waals surface area contributed by atoms with Crippen molar-refractivity contribution in [3.05, 3.63) is 12.2 Å². The van der Waals surface area contributed by atoms with Crippen LogP contribution in [0.4, 0.5) is 0 Å². The Morgan fingerprint density at radius 3 is 1.59 bits per heavy atom. The van der Waals surface area contributed by atoms with E-state index in [2.05, 4.69) is 19.1 Å². The Kier molecular flexibility index (Phi) is 28.2. The molecule has 0 aromatic heterocycles. The Bertz CT molecular complexity index is 366. The van der Waals surface area contributed by atoms with Gasteiger partial charge in [0.1, 0.15) is 0 Å². The highest BCUT2D eigenvalue weighted by atomic mass is 16.5. The zero-order chi connectivity index (χ0) is 23.4. The minimum absolute atomic E-state index is 0.191. The Morgan fingerprint density at radius 1 is 0.562 bits per heavy atom. The van der Waals surface area contributed by atoms with Crippen LogP contribution in [0.25, 0.3) is 0 Å². The van der Waals surface area contributed by atoms with Crippen LogP contribution in [0.2, 0.25) is 0 Å². The van der Waals surface area contributed by atoms with E-state index in [0.717, 1.165) is 19.6 Å². The van der Waals surface area contributed by atoms with Crippen LogP contribution in [0, 0.1) is 0 Å². The number of likely N-dealkylation sites (N-methyl/N-ethyl adjacent to an activating group) is 1. The summed E-state index contributed by atoms with van der Waals surface area (Å²) in [6, 6.07) is 0. The zero-order valence-electron chi connectivity index (χ0n) is 21.5. The number of aliphatic hydroxyl groups excluding tert-OH is 1. The summed E-state index contributed by atoms with van der Waals surface area (Å²) < 4.78 is 16.6. The van der Waals surface area contributed by atoms with E-state index in [4.69, 9.17) is 19.3 Å². The van der Waals surface area contributed by atoms with Crippen molar-refractivity contribution in [3.8, 4) is 0 Å². The summed E-state index contributed by atoms with van der Waals surface area (Å²) in [5, 5.41) is 8.81. The number of unbranched alkanes of at least 4 members (excludes halogenated alkanes) is 12. The molecule has 0 aromatic carbocycles. The van der Waals surface area contributed by atoms with Gasteiger partial charge in [0.25, 0.3) is 0 Å². The molecule has 0 saturated carbocycles. The third-order valence-corrected chi connectivity index (χ3v) is 5.64. The lowest BCUT2D eigenvalue weighted by molar-refractivity contribution is 0.0105. The SMILES string of the molecule is CCCCCCCC/C=C\CCCCCCCCOCCOCCOCCN(C)CCO. The molecule has 0 heterocycles. The molecule has 1 N–H and O–H groups in total. The molecule has 0 atom stereocenters. The summed E-state index contributed by atoms with van der Waals surface area (Å²) >= 11 is 0. The highest BCUT2D eigenvalue weighted by Gasteiger charge is 1.97. The van der Waals surface area contributed by atoms with Crippen molar-refractivity contribution in [2.45, 2.75) is 96.8 Å². The molecule has 0 aliphatic carbocycles. The van der Waals surface area contributed by atoms with Gasteiger partial charge in [-0.1, -0.05) is 76.9 Å². The first-order chi connectivity index (χ1) is 15.8. The topological polar surface area (TPSA) is 51.2 Å². The molecule has 0 aliphatic rings. The van der Waals surface area contributed by atoms with E-state index >= 15 is 0 Å². The lowest BCUT2D eigenvalue weighted by Gasteiger charge is -2.14. The fourth-order valence-corrected chi connectivity index (χ4v) is 3.50. The number of ether oxygens (including phenoxy) is 3. The molecule has 32 heavy (non-hydrogen) atoms. The fraction of sp³-hybridized carbons (Fsp3) is 0.926. The van der Waals surface area contributed by atoms with E-state index in [1.54, 1.807) is 0 Å². The van der Waals surface area contributed by atoms with Gasteiger partial charge in [-0.15, -0.1) is 0 Å². The summed E-state index contributed by atoms with van der Waals surface area (Å²) in [7, 11) is 1.98. The van der Waals surface area contributed by atoms with Crippen molar-refractivity contribution in [2.75, 3.05) is 66.4 Å². The molecule has 0 aliphatic heterocycles. The number of rotatable bonds is 27. The highest BCUT2D eigenvalue weighted by molar-refractivity contribution is 4.81. The van der Waals surface area contributed by atoms with Gasteiger partial charge in [-0.05, 0) is 39.2 Å². The highest BCUT2D eigenvalue weighted by Crippen LogP contribution is 2.10. The number of allylic oxidation sites excluding steroid dienone is 2. The van der Waals surface area contributed by atoms with Crippen LogP contribution in [0.15, 0.2) is 12.2 Å². The lowest BCUT2D eigenvalue weighted by Crippen LogP contribution is -2.26. The Hall–Kier alpha value is -0.460. The largest absolute Gasteiger partial charge is 0.395 e. The molecule has 0 fully saturated rings. The van der Waals surface area contributed by atoms with Gasteiger partial charge in [-0.2, -0.15) is 0 Å². The molecule has 192 valence electrons. The number of hydrogen-bond acceptors (Lipinski definition) is 5. The van der Waals surface area contributed by atoms with Crippen molar-refractivity contribution in [3.63, 3.8) is 0 Å². The molecule has 5 nitrogen and oxygen atoms in total. The van der Waals surface area contributed by atoms with Crippen molar-refractivity contribution in [1.82, 2.24) is 4.90 Å². The van der Waals surface area contributed by atoms with E-state index in [0.29, 0.717) is 39.6 Å². The van der Waals surface area contributed by atoms with Crippen LogP contribution >= 0.6 is 0 Å². The van der Waals surface area contributed by atoms with Gasteiger partial charge in [-0.25, -0.2) is 0 Å².